The van der Waals surface area contributed by atoms with E-state index >= 15 is 0 Å². The van der Waals surface area contributed by atoms with Crippen LogP contribution >= 0.6 is 12.0 Å². The molecule has 13 heavy (non-hydrogen) atoms. The normalized spacial score (nSPS) is 12.1. The minimum atomic E-state index is -1.14. The van der Waals surface area contributed by atoms with E-state index < -0.39 is 12.0 Å². The Hall–Kier alpha value is -1.22. The van der Waals surface area contributed by atoms with E-state index in [9.17, 15) is 4.79 Å². The first-order valence-corrected chi connectivity index (χ1v) is 4.68. The lowest BCUT2D eigenvalue weighted by Crippen LogP contribution is -2.17. The number of ether oxygens (including phenoxy) is 1. The summed E-state index contributed by atoms with van der Waals surface area (Å²) in [4.78, 5) is 14.5. The van der Waals surface area contributed by atoms with E-state index in [1.807, 2.05) is 0 Å². The van der Waals surface area contributed by atoms with Crippen LogP contribution in [0.4, 0.5) is 0 Å². The fourth-order valence-electron chi connectivity index (χ4n) is 0.453. The van der Waals surface area contributed by atoms with Gasteiger partial charge in [0, 0.05) is 6.26 Å². The molecule has 0 radical (unpaired) electrons. The molecule has 0 aliphatic rings. The monoisotopic (exact) mass is 202 g/mol. The molecule has 0 aromatic rings. The first-order valence-electron chi connectivity index (χ1n) is 3.53. The maximum Gasteiger partial charge on any atom is 0.357 e. The van der Waals surface area contributed by atoms with Crippen molar-refractivity contribution in [3.63, 3.8) is 0 Å². The van der Waals surface area contributed by atoms with Gasteiger partial charge >= 0.3 is 5.97 Å². The van der Waals surface area contributed by atoms with Crippen molar-refractivity contribution in [2.75, 3.05) is 12.9 Å². The maximum absolute atomic E-state index is 10.9. The molecule has 0 N–H and O–H groups in total. The molecule has 72 valence electrons. The molecule has 0 fully saturated rings. The van der Waals surface area contributed by atoms with E-state index in [0.717, 1.165) is 18.4 Å². The Morgan fingerprint density at radius 2 is 2.54 bits per heavy atom. The van der Waals surface area contributed by atoms with Crippen LogP contribution in [-0.2, 0) is 13.7 Å². The Labute approximate surface area is 80.9 Å². The van der Waals surface area contributed by atoms with Crippen molar-refractivity contribution in [2.45, 2.75) is 13.0 Å². The van der Waals surface area contributed by atoms with Crippen molar-refractivity contribution in [3.8, 4) is 6.07 Å². The highest BCUT2D eigenvalue weighted by atomic mass is 32.2. The molecule has 0 saturated carbocycles. The highest BCUT2D eigenvalue weighted by molar-refractivity contribution is 7.94. The third kappa shape index (κ3) is 5.09. The molecule has 0 amide bonds. The quantitative estimate of drug-likeness (QED) is 0.374. The van der Waals surface area contributed by atoms with Gasteiger partial charge in [0.25, 0.3) is 0 Å². The fourth-order valence-corrected chi connectivity index (χ4v) is 0.708. The zero-order valence-corrected chi connectivity index (χ0v) is 8.21. The average molecular weight is 202 g/mol. The highest BCUT2D eigenvalue weighted by Crippen LogP contribution is 2.01. The summed E-state index contributed by atoms with van der Waals surface area (Å²) >= 11 is 0.877. The summed E-state index contributed by atoms with van der Waals surface area (Å²) in [5.74, 6) is -0.689. The molecule has 1 unspecified atom stereocenters. The molecule has 0 aromatic carbocycles. The number of nitrogens with zero attached hydrogens (tertiary/aromatic N) is 2. The summed E-state index contributed by atoms with van der Waals surface area (Å²) in [6.07, 6.45) is 2.66. The molecule has 0 spiro atoms. The van der Waals surface area contributed by atoms with Gasteiger partial charge in [-0.15, -0.1) is 0 Å². The predicted octanol–water partition coefficient (Wildman–Crippen LogP) is 0.765. The van der Waals surface area contributed by atoms with Gasteiger partial charge in [-0.3, -0.25) is 0 Å². The van der Waals surface area contributed by atoms with Crippen LogP contribution in [-0.4, -0.2) is 31.3 Å². The minimum Gasteiger partial charge on any atom is -0.484 e. The standard InChI is InChI=1S/C7H10N2O3S/c1-3-11-5-9-6(4-8)7(10)12-13-2/h5-6H,3H2,1-2H3/b9-5+. The lowest BCUT2D eigenvalue weighted by atomic mass is 10.4. The van der Waals surface area contributed by atoms with Gasteiger partial charge in [-0.1, -0.05) is 0 Å². The summed E-state index contributed by atoms with van der Waals surface area (Å²) in [6.45, 7) is 2.22. The lowest BCUT2D eigenvalue weighted by molar-refractivity contribution is -0.133. The van der Waals surface area contributed by atoms with Crippen molar-refractivity contribution < 1.29 is 13.7 Å². The Kier molecular flexibility index (Phi) is 6.73. The van der Waals surface area contributed by atoms with Crippen molar-refractivity contribution >= 4 is 24.4 Å². The highest BCUT2D eigenvalue weighted by Gasteiger charge is 2.17. The van der Waals surface area contributed by atoms with E-state index in [2.05, 4.69) is 9.18 Å². The van der Waals surface area contributed by atoms with E-state index in [0.29, 0.717) is 6.61 Å². The van der Waals surface area contributed by atoms with Crippen LogP contribution in [0.2, 0.25) is 0 Å². The van der Waals surface area contributed by atoms with Crippen molar-refractivity contribution in [3.05, 3.63) is 0 Å². The van der Waals surface area contributed by atoms with Crippen molar-refractivity contribution in [2.24, 2.45) is 4.99 Å². The largest absolute Gasteiger partial charge is 0.484 e. The fraction of sp³-hybridized carbons (Fsp3) is 0.571. The lowest BCUT2D eigenvalue weighted by Gasteiger charge is -2.00. The summed E-state index contributed by atoms with van der Waals surface area (Å²) in [7, 11) is 0. The van der Waals surface area contributed by atoms with Gasteiger partial charge in [0.05, 0.1) is 18.6 Å². The summed E-state index contributed by atoms with van der Waals surface area (Å²) in [5, 5.41) is 8.49. The molecule has 0 bridgehead atoms. The van der Waals surface area contributed by atoms with Crippen LogP contribution in [0.3, 0.4) is 0 Å². The molecule has 0 rings (SSSR count). The summed E-state index contributed by atoms with van der Waals surface area (Å²) < 4.78 is 9.25. The number of aliphatic imine (C=N–C) groups is 1. The number of nitriles is 1. The van der Waals surface area contributed by atoms with Gasteiger partial charge in [-0.2, -0.15) is 5.26 Å². The molecule has 0 aromatic heterocycles. The van der Waals surface area contributed by atoms with Gasteiger partial charge in [0.2, 0.25) is 6.04 Å². The second kappa shape index (κ2) is 7.43. The van der Waals surface area contributed by atoms with Gasteiger partial charge in [-0.05, 0) is 6.92 Å². The zero-order chi connectivity index (χ0) is 10.1. The second-order valence-electron chi connectivity index (χ2n) is 1.81. The van der Waals surface area contributed by atoms with Crippen LogP contribution in [0.5, 0.6) is 0 Å². The van der Waals surface area contributed by atoms with Crippen LogP contribution in [0, 0.1) is 11.3 Å². The molecule has 1 atom stereocenters. The van der Waals surface area contributed by atoms with Crippen LogP contribution in [0.25, 0.3) is 0 Å². The second-order valence-corrected chi connectivity index (χ2v) is 2.31. The zero-order valence-electron chi connectivity index (χ0n) is 7.39. The van der Waals surface area contributed by atoms with E-state index in [1.165, 1.54) is 0 Å². The van der Waals surface area contributed by atoms with E-state index in [4.69, 9.17) is 10.00 Å². The molecule has 0 aliphatic heterocycles. The Balaban J connectivity index is 4.04. The Morgan fingerprint density at radius 1 is 1.85 bits per heavy atom. The van der Waals surface area contributed by atoms with Crippen molar-refractivity contribution in [1.29, 1.82) is 5.26 Å². The first-order chi connectivity index (χ1) is 6.26. The molecule has 6 heteroatoms. The smallest absolute Gasteiger partial charge is 0.357 e. The van der Waals surface area contributed by atoms with Gasteiger partial charge in [0.1, 0.15) is 6.07 Å². The van der Waals surface area contributed by atoms with Gasteiger partial charge in [-0.25, -0.2) is 9.79 Å². The van der Waals surface area contributed by atoms with Crippen molar-refractivity contribution in [1.82, 2.24) is 0 Å². The minimum absolute atomic E-state index is 0.444. The molecular formula is C7H10N2O3S. The Morgan fingerprint density at radius 3 is 3.00 bits per heavy atom. The topological polar surface area (TPSA) is 71.7 Å². The van der Waals surface area contributed by atoms with Gasteiger partial charge in [0.15, 0.2) is 6.40 Å². The number of rotatable bonds is 5. The number of hydrogen-bond donors (Lipinski definition) is 0. The van der Waals surface area contributed by atoms with E-state index in [1.54, 1.807) is 19.2 Å². The molecular weight excluding hydrogens is 192 g/mol. The molecule has 5 nitrogen and oxygen atoms in total. The van der Waals surface area contributed by atoms with Crippen LogP contribution < -0.4 is 0 Å². The van der Waals surface area contributed by atoms with Gasteiger partial charge < -0.3 is 8.92 Å². The number of carbonyl (C=O) groups is 1. The maximum atomic E-state index is 10.9. The molecule has 0 saturated heterocycles. The predicted molar refractivity (Wildman–Crippen MR) is 49.1 cm³/mol. The average Bonchev–Trinajstić information content (AvgIpc) is 2.13. The SMILES string of the molecule is CCO/C=N/C(C#N)C(=O)OSC. The molecule has 0 aliphatic carbocycles. The number of carbonyl (C=O) groups excluding carboxylic acids is 1. The van der Waals surface area contributed by atoms with E-state index in [-0.39, 0.29) is 0 Å². The van der Waals surface area contributed by atoms with Crippen LogP contribution in [0.15, 0.2) is 4.99 Å². The number of hydrogen-bond acceptors (Lipinski definition) is 6. The Bertz CT molecular complexity index is 224. The summed E-state index contributed by atoms with van der Waals surface area (Å²) in [5.41, 5.74) is 0. The molecule has 0 heterocycles. The van der Waals surface area contributed by atoms with Crippen LogP contribution in [0.1, 0.15) is 6.92 Å². The third-order valence-corrected chi connectivity index (χ3v) is 1.29. The third-order valence-electron chi connectivity index (χ3n) is 0.962. The summed E-state index contributed by atoms with van der Waals surface area (Å²) in [6, 6.07) is 0.540. The first kappa shape index (κ1) is 11.8.